The van der Waals surface area contributed by atoms with Crippen LogP contribution in [0.2, 0.25) is 5.02 Å². The Bertz CT molecular complexity index is 1230. The van der Waals surface area contributed by atoms with Crippen molar-refractivity contribution in [1.82, 2.24) is 10.2 Å². The molecule has 0 radical (unpaired) electrons. The maximum Gasteiger partial charge on any atom is 0.250 e. The number of carbonyl (C=O) groups excluding carboxylic acids is 3. The average Bonchev–Trinajstić information content (AvgIpc) is 3.57. The highest BCUT2D eigenvalue weighted by molar-refractivity contribution is 6.30. The van der Waals surface area contributed by atoms with Crippen LogP contribution in [0, 0.1) is 11.8 Å². The van der Waals surface area contributed by atoms with Crippen molar-refractivity contribution in [1.29, 1.82) is 0 Å². The van der Waals surface area contributed by atoms with Gasteiger partial charge in [0.15, 0.2) is 0 Å². The number of anilines is 1. The van der Waals surface area contributed by atoms with Crippen LogP contribution in [0.4, 0.5) is 5.69 Å². The topological polar surface area (TPSA) is 108 Å². The van der Waals surface area contributed by atoms with E-state index in [0.717, 1.165) is 18.4 Å². The summed E-state index contributed by atoms with van der Waals surface area (Å²) in [5.41, 5.74) is -0.293. The number of fused-ring (bicyclic) bond motifs is 1. The van der Waals surface area contributed by atoms with Gasteiger partial charge in [-0.25, -0.2) is 0 Å². The van der Waals surface area contributed by atoms with Crippen molar-refractivity contribution in [3.05, 3.63) is 65.2 Å². The molecule has 0 aliphatic carbocycles. The molecular weight excluding hydrogens is 530 g/mol. The maximum atomic E-state index is 14.2. The smallest absolute Gasteiger partial charge is 0.250 e. The average molecular weight is 568 g/mol. The Morgan fingerprint density at radius 1 is 1.02 bits per heavy atom. The highest BCUT2D eigenvalue weighted by Gasteiger charge is 2.78. The van der Waals surface area contributed by atoms with Gasteiger partial charge in [-0.05, 0) is 61.9 Å². The third-order valence-electron chi connectivity index (χ3n) is 8.94. The lowest BCUT2D eigenvalue weighted by Gasteiger charge is -2.34. The normalized spacial score (nSPS) is 28.5. The second-order valence-corrected chi connectivity index (χ2v) is 11.6. The molecule has 214 valence electrons. The van der Waals surface area contributed by atoms with E-state index in [0.29, 0.717) is 55.9 Å². The van der Waals surface area contributed by atoms with Crippen molar-refractivity contribution in [2.24, 2.45) is 11.8 Å². The number of aliphatic hydroxyl groups is 1. The first-order valence-corrected chi connectivity index (χ1v) is 14.7. The van der Waals surface area contributed by atoms with Crippen LogP contribution in [0.15, 0.2) is 54.6 Å². The second-order valence-electron chi connectivity index (χ2n) is 11.2. The summed E-state index contributed by atoms with van der Waals surface area (Å²) in [6.45, 7) is 2.87. The summed E-state index contributed by atoms with van der Waals surface area (Å²) < 4.78 is 6.80. The number of aliphatic hydroxyl groups excluding tert-OH is 1. The first-order valence-electron chi connectivity index (χ1n) is 14.3. The van der Waals surface area contributed by atoms with Gasteiger partial charge in [-0.3, -0.25) is 14.4 Å². The van der Waals surface area contributed by atoms with Crippen molar-refractivity contribution >= 4 is 35.0 Å². The van der Waals surface area contributed by atoms with E-state index in [4.69, 9.17) is 21.4 Å². The van der Waals surface area contributed by atoms with Crippen molar-refractivity contribution < 1.29 is 24.2 Å². The van der Waals surface area contributed by atoms with Crippen LogP contribution in [-0.4, -0.2) is 58.1 Å². The van der Waals surface area contributed by atoms with Crippen LogP contribution in [0.1, 0.15) is 57.4 Å². The fraction of sp³-hybridized carbons (Fsp3) is 0.516. The number of carbonyl (C=O) groups is 3. The van der Waals surface area contributed by atoms with Crippen LogP contribution < -0.4 is 10.6 Å². The molecule has 2 bridgehead atoms. The standard InChI is InChI=1S/C31H38ClN3O5/c1-2-30-16-17-31(40-30)25(24(30)27(37)33-20-21-10-6-5-7-11-21)29(39)35(18-8-3-4-9-19-36)26(31)28(38)34-23-14-12-22(32)13-15-23/h5-7,10-15,24-26,36H,2-4,8-9,16-20H2,1H3,(H,33,37)(H,34,38)/t24-,25-,26?,30+,31?/m0/s1. The molecule has 8 nitrogen and oxygen atoms in total. The largest absolute Gasteiger partial charge is 0.396 e. The van der Waals surface area contributed by atoms with Crippen LogP contribution in [-0.2, 0) is 25.7 Å². The molecule has 1 spiro atoms. The summed E-state index contributed by atoms with van der Waals surface area (Å²) in [6.07, 6.45) is 4.80. The molecule has 5 atom stereocenters. The quantitative estimate of drug-likeness (QED) is 0.331. The van der Waals surface area contributed by atoms with Gasteiger partial charge in [-0.2, -0.15) is 0 Å². The Morgan fingerprint density at radius 3 is 2.45 bits per heavy atom. The number of nitrogens with zero attached hydrogens (tertiary/aromatic N) is 1. The Hall–Kier alpha value is -2.94. The Labute approximate surface area is 240 Å². The number of unbranched alkanes of at least 4 members (excludes halogenated alkanes) is 3. The number of benzene rings is 2. The molecule has 2 aromatic carbocycles. The Kier molecular flexibility index (Phi) is 8.50. The zero-order valence-corrected chi connectivity index (χ0v) is 23.7. The third kappa shape index (κ3) is 5.13. The molecule has 3 heterocycles. The molecule has 0 saturated carbocycles. The van der Waals surface area contributed by atoms with Crippen LogP contribution in [0.3, 0.4) is 0 Å². The van der Waals surface area contributed by atoms with Gasteiger partial charge in [0.2, 0.25) is 17.7 Å². The number of likely N-dealkylation sites (tertiary alicyclic amines) is 1. The fourth-order valence-electron chi connectivity index (χ4n) is 7.04. The molecule has 3 N–H and O–H groups in total. The molecule has 2 aromatic rings. The summed E-state index contributed by atoms with van der Waals surface area (Å²) in [4.78, 5) is 43.6. The predicted octanol–water partition coefficient (Wildman–Crippen LogP) is 4.30. The van der Waals surface area contributed by atoms with Gasteiger partial charge in [0.25, 0.3) is 0 Å². The van der Waals surface area contributed by atoms with E-state index in [1.165, 1.54) is 0 Å². The summed E-state index contributed by atoms with van der Waals surface area (Å²) in [6, 6.07) is 15.7. The molecule has 2 unspecified atom stereocenters. The minimum absolute atomic E-state index is 0.132. The lowest BCUT2D eigenvalue weighted by molar-refractivity contribution is -0.146. The molecule has 3 aliphatic rings. The SMILES string of the molecule is CC[C@]12CCC3(O1)C(C(=O)Nc1ccc(Cl)cc1)N(CCCCCCO)C(=O)[C@@H]3[C@H]2C(=O)NCc1ccccc1. The number of rotatable bonds is 12. The lowest BCUT2D eigenvalue weighted by atomic mass is 9.65. The van der Waals surface area contributed by atoms with Gasteiger partial charge < -0.3 is 25.4 Å². The summed E-state index contributed by atoms with van der Waals surface area (Å²) >= 11 is 6.04. The maximum absolute atomic E-state index is 14.2. The predicted molar refractivity (Wildman–Crippen MR) is 152 cm³/mol. The summed E-state index contributed by atoms with van der Waals surface area (Å²) in [5.74, 6) is -2.10. The Balaban J connectivity index is 1.43. The highest BCUT2D eigenvalue weighted by Crippen LogP contribution is 2.64. The molecule has 40 heavy (non-hydrogen) atoms. The first-order chi connectivity index (χ1) is 19.3. The number of ether oxygens (including phenoxy) is 1. The molecule has 3 aliphatic heterocycles. The van der Waals surface area contributed by atoms with E-state index >= 15 is 0 Å². The molecule has 0 aromatic heterocycles. The minimum Gasteiger partial charge on any atom is -0.396 e. The molecule has 3 amide bonds. The van der Waals surface area contributed by atoms with Gasteiger partial charge in [0, 0.05) is 30.4 Å². The van der Waals surface area contributed by atoms with Crippen molar-refractivity contribution in [2.45, 2.75) is 75.7 Å². The second kappa shape index (κ2) is 11.9. The van der Waals surface area contributed by atoms with Gasteiger partial charge in [0.05, 0.1) is 17.4 Å². The third-order valence-corrected chi connectivity index (χ3v) is 9.19. The van der Waals surface area contributed by atoms with Gasteiger partial charge >= 0.3 is 0 Å². The molecule has 3 fully saturated rings. The zero-order valence-electron chi connectivity index (χ0n) is 22.9. The van der Waals surface area contributed by atoms with E-state index in [1.807, 2.05) is 37.3 Å². The number of halogens is 1. The lowest BCUT2D eigenvalue weighted by Crippen LogP contribution is -2.53. The van der Waals surface area contributed by atoms with Crippen LogP contribution in [0.5, 0.6) is 0 Å². The van der Waals surface area contributed by atoms with E-state index in [2.05, 4.69) is 10.6 Å². The molecule has 3 saturated heterocycles. The monoisotopic (exact) mass is 567 g/mol. The fourth-order valence-corrected chi connectivity index (χ4v) is 7.17. The van der Waals surface area contributed by atoms with E-state index in [1.54, 1.807) is 29.2 Å². The van der Waals surface area contributed by atoms with Gasteiger partial charge in [0.1, 0.15) is 11.6 Å². The number of amides is 3. The number of hydrogen-bond acceptors (Lipinski definition) is 5. The number of hydrogen-bond donors (Lipinski definition) is 3. The summed E-state index contributed by atoms with van der Waals surface area (Å²) in [7, 11) is 0. The van der Waals surface area contributed by atoms with Crippen molar-refractivity contribution in [3.8, 4) is 0 Å². The van der Waals surface area contributed by atoms with Crippen LogP contribution >= 0.6 is 11.6 Å². The molecule has 9 heteroatoms. The van der Waals surface area contributed by atoms with Crippen LogP contribution in [0.25, 0.3) is 0 Å². The highest BCUT2D eigenvalue weighted by atomic mass is 35.5. The Morgan fingerprint density at radius 2 is 1.75 bits per heavy atom. The zero-order chi connectivity index (χ0) is 28.3. The van der Waals surface area contributed by atoms with Crippen molar-refractivity contribution in [3.63, 3.8) is 0 Å². The van der Waals surface area contributed by atoms with E-state index in [-0.39, 0.29) is 24.3 Å². The molecule has 5 rings (SSSR count). The number of nitrogens with one attached hydrogen (secondary N) is 2. The van der Waals surface area contributed by atoms with Gasteiger partial charge in [-0.1, -0.05) is 61.7 Å². The summed E-state index contributed by atoms with van der Waals surface area (Å²) in [5, 5.41) is 15.7. The molecular formula is C31H38ClN3O5. The van der Waals surface area contributed by atoms with Gasteiger partial charge in [-0.15, -0.1) is 0 Å². The van der Waals surface area contributed by atoms with E-state index in [9.17, 15) is 14.4 Å². The van der Waals surface area contributed by atoms with E-state index < -0.39 is 29.1 Å². The minimum atomic E-state index is -1.07. The first kappa shape index (κ1) is 28.6. The van der Waals surface area contributed by atoms with Crippen molar-refractivity contribution in [2.75, 3.05) is 18.5 Å².